The van der Waals surface area contributed by atoms with Crippen molar-refractivity contribution in [2.75, 3.05) is 6.54 Å². The number of carbonyl (C=O) groups excluding carboxylic acids is 2. The molecule has 1 atom stereocenters. The van der Waals surface area contributed by atoms with Crippen LogP contribution < -0.4 is 5.32 Å². The summed E-state index contributed by atoms with van der Waals surface area (Å²) in [6.45, 7) is -0.328. The van der Waals surface area contributed by atoms with Crippen LogP contribution in [0.3, 0.4) is 0 Å². The summed E-state index contributed by atoms with van der Waals surface area (Å²) in [6.07, 6.45) is -1.30. The number of ether oxygens (including phenoxy) is 2. The monoisotopic (exact) mass is 425 g/mol. The van der Waals surface area contributed by atoms with Gasteiger partial charge in [-0.05, 0) is 11.1 Å². The van der Waals surface area contributed by atoms with E-state index in [2.05, 4.69) is 5.32 Å². The van der Waals surface area contributed by atoms with Gasteiger partial charge < -0.3 is 14.8 Å². The highest BCUT2D eigenvalue weighted by atomic mass is 35.7. The van der Waals surface area contributed by atoms with E-state index in [0.29, 0.717) is 0 Å². The van der Waals surface area contributed by atoms with Gasteiger partial charge in [-0.15, -0.1) is 0 Å². The molecule has 1 amide bonds. The minimum Gasteiger partial charge on any atom is -0.461 e. The first-order valence-electron chi connectivity index (χ1n) is 8.42. The van der Waals surface area contributed by atoms with E-state index in [0.717, 1.165) is 11.1 Å². The van der Waals surface area contributed by atoms with Gasteiger partial charge in [-0.3, -0.25) is 4.79 Å². The number of nitrogens with one attached hydrogen (secondary N) is 1. The van der Waals surface area contributed by atoms with Crippen molar-refractivity contribution in [1.29, 1.82) is 0 Å². The SMILES string of the molecule is O=C(CC(CNC(=O)OCc1ccccc1)S(=O)(=O)Cl)OCc1ccccc1. The van der Waals surface area contributed by atoms with Crippen molar-refractivity contribution in [3.8, 4) is 0 Å². The molecule has 2 aromatic carbocycles. The molecule has 0 saturated heterocycles. The Kier molecular flexibility index (Phi) is 8.28. The first-order valence-corrected chi connectivity index (χ1v) is 10.8. The third kappa shape index (κ3) is 7.98. The molecule has 2 aromatic rings. The number of carbonyl (C=O) groups is 2. The number of rotatable bonds is 9. The molecule has 150 valence electrons. The molecule has 0 spiro atoms. The van der Waals surface area contributed by atoms with E-state index in [9.17, 15) is 18.0 Å². The van der Waals surface area contributed by atoms with Crippen LogP contribution in [0.5, 0.6) is 0 Å². The van der Waals surface area contributed by atoms with Crippen molar-refractivity contribution in [1.82, 2.24) is 5.32 Å². The van der Waals surface area contributed by atoms with Crippen molar-refractivity contribution >= 4 is 31.8 Å². The molecule has 2 rings (SSSR count). The summed E-state index contributed by atoms with van der Waals surface area (Å²) in [4.78, 5) is 23.7. The lowest BCUT2D eigenvalue weighted by Crippen LogP contribution is -2.37. The zero-order valence-electron chi connectivity index (χ0n) is 14.9. The van der Waals surface area contributed by atoms with Gasteiger partial charge in [0.2, 0.25) is 9.05 Å². The fraction of sp³-hybridized carbons (Fsp3) is 0.263. The molecule has 0 bridgehead atoms. The number of alkyl carbamates (subject to hydrolysis) is 1. The van der Waals surface area contributed by atoms with Gasteiger partial charge in [0, 0.05) is 17.2 Å². The molecule has 0 aromatic heterocycles. The average molecular weight is 426 g/mol. The van der Waals surface area contributed by atoms with Crippen LogP contribution in [-0.4, -0.2) is 32.3 Å². The molecule has 0 aliphatic heterocycles. The molecule has 7 nitrogen and oxygen atoms in total. The maximum Gasteiger partial charge on any atom is 0.407 e. The van der Waals surface area contributed by atoms with Gasteiger partial charge in [-0.1, -0.05) is 60.7 Å². The Hall–Kier alpha value is -2.58. The van der Waals surface area contributed by atoms with Crippen molar-refractivity contribution < 1.29 is 27.5 Å². The number of hydrogen-bond acceptors (Lipinski definition) is 6. The largest absolute Gasteiger partial charge is 0.461 e. The van der Waals surface area contributed by atoms with E-state index in [1.54, 1.807) is 48.5 Å². The van der Waals surface area contributed by atoms with Crippen molar-refractivity contribution in [2.24, 2.45) is 0 Å². The molecule has 0 heterocycles. The van der Waals surface area contributed by atoms with Crippen LogP contribution in [0.25, 0.3) is 0 Å². The maximum atomic E-state index is 11.9. The second-order valence-corrected chi connectivity index (χ2v) is 8.80. The maximum absolute atomic E-state index is 11.9. The van der Waals surface area contributed by atoms with Crippen LogP contribution in [0.1, 0.15) is 17.5 Å². The Morgan fingerprint density at radius 3 is 1.89 bits per heavy atom. The molecule has 1 N–H and O–H groups in total. The lowest BCUT2D eigenvalue weighted by Gasteiger charge is -2.14. The first kappa shape index (κ1) is 21.7. The molecule has 9 heteroatoms. The van der Waals surface area contributed by atoms with Gasteiger partial charge in [-0.25, -0.2) is 13.2 Å². The molecule has 0 fully saturated rings. The number of halogens is 1. The Bertz CT molecular complexity index is 874. The number of esters is 1. The highest BCUT2D eigenvalue weighted by Crippen LogP contribution is 2.13. The van der Waals surface area contributed by atoms with E-state index in [4.69, 9.17) is 20.2 Å². The second-order valence-electron chi connectivity index (χ2n) is 5.89. The van der Waals surface area contributed by atoms with Gasteiger partial charge in [-0.2, -0.15) is 0 Å². The lowest BCUT2D eigenvalue weighted by molar-refractivity contribution is -0.144. The Labute approximate surface area is 168 Å². The molecular formula is C19H20ClNO6S. The minimum atomic E-state index is -4.10. The van der Waals surface area contributed by atoms with Crippen LogP contribution in [-0.2, 0) is 36.5 Å². The zero-order chi connectivity index (χ0) is 20.4. The summed E-state index contributed by atoms with van der Waals surface area (Å²) in [5, 5.41) is 0.974. The van der Waals surface area contributed by atoms with Gasteiger partial charge >= 0.3 is 12.1 Å². The Morgan fingerprint density at radius 2 is 1.39 bits per heavy atom. The lowest BCUT2D eigenvalue weighted by atomic mass is 10.2. The summed E-state index contributed by atoms with van der Waals surface area (Å²) in [5.74, 6) is -0.738. The smallest absolute Gasteiger partial charge is 0.407 e. The van der Waals surface area contributed by atoms with Crippen LogP contribution in [0.2, 0.25) is 0 Å². The van der Waals surface area contributed by atoms with Crippen LogP contribution in [0, 0.1) is 0 Å². The fourth-order valence-corrected chi connectivity index (χ4v) is 3.22. The molecule has 0 saturated carbocycles. The van der Waals surface area contributed by atoms with Crippen LogP contribution in [0.15, 0.2) is 60.7 Å². The van der Waals surface area contributed by atoms with E-state index in [1.165, 1.54) is 0 Å². The molecular weight excluding hydrogens is 406 g/mol. The van der Waals surface area contributed by atoms with Crippen LogP contribution >= 0.6 is 10.7 Å². The molecule has 28 heavy (non-hydrogen) atoms. The van der Waals surface area contributed by atoms with E-state index in [1.807, 2.05) is 12.1 Å². The Balaban J connectivity index is 1.80. The normalized spacial score (nSPS) is 12.0. The fourth-order valence-electron chi connectivity index (χ4n) is 2.23. The van der Waals surface area contributed by atoms with Crippen molar-refractivity contribution in [3.05, 3.63) is 71.8 Å². The van der Waals surface area contributed by atoms with E-state index >= 15 is 0 Å². The minimum absolute atomic E-state index is 0.0152. The van der Waals surface area contributed by atoms with Crippen LogP contribution in [0.4, 0.5) is 4.79 Å². The summed E-state index contributed by atoms with van der Waals surface area (Å²) in [5.41, 5.74) is 1.55. The van der Waals surface area contributed by atoms with E-state index in [-0.39, 0.29) is 19.8 Å². The van der Waals surface area contributed by atoms with Gasteiger partial charge in [0.25, 0.3) is 0 Å². The summed E-state index contributed by atoms with van der Waals surface area (Å²) < 4.78 is 33.5. The quantitative estimate of drug-likeness (QED) is 0.489. The first-order chi connectivity index (χ1) is 13.3. The Morgan fingerprint density at radius 1 is 0.893 bits per heavy atom. The topological polar surface area (TPSA) is 98.8 Å². The molecule has 0 aliphatic rings. The number of amides is 1. The van der Waals surface area contributed by atoms with Gasteiger partial charge in [0.15, 0.2) is 0 Å². The highest BCUT2D eigenvalue weighted by molar-refractivity contribution is 8.14. The standard InChI is InChI=1S/C19H20ClNO6S/c20-28(24,25)17(11-18(22)26-13-15-7-3-1-4-8-15)12-21-19(23)27-14-16-9-5-2-6-10-16/h1-10,17H,11-14H2,(H,21,23). The summed E-state index contributed by atoms with van der Waals surface area (Å²) in [6, 6.07) is 17.9. The third-order valence-electron chi connectivity index (χ3n) is 3.72. The highest BCUT2D eigenvalue weighted by Gasteiger charge is 2.27. The van der Waals surface area contributed by atoms with E-state index < -0.39 is 32.8 Å². The number of hydrogen-bond donors (Lipinski definition) is 1. The molecule has 1 unspecified atom stereocenters. The molecule has 0 radical (unpaired) electrons. The van der Waals surface area contributed by atoms with Crippen molar-refractivity contribution in [2.45, 2.75) is 24.9 Å². The summed E-state index contributed by atoms with van der Waals surface area (Å²) >= 11 is 0. The number of benzene rings is 2. The van der Waals surface area contributed by atoms with Crippen molar-refractivity contribution in [3.63, 3.8) is 0 Å². The predicted octanol–water partition coefficient (Wildman–Crippen LogP) is 2.98. The third-order valence-corrected chi connectivity index (χ3v) is 5.61. The van der Waals surface area contributed by atoms with Gasteiger partial charge in [0.05, 0.1) is 6.42 Å². The summed E-state index contributed by atoms with van der Waals surface area (Å²) in [7, 11) is 1.28. The van der Waals surface area contributed by atoms with Gasteiger partial charge in [0.1, 0.15) is 18.5 Å². The zero-order valence-corrected chi connectivity index (χ0v) is 16.5. The average Bonchev–Trinajstić information content (AvgIpc) is 2.68. The molecule has 0 aliphatic carbocycles. The second kappa shape index (κ2) is 10.7. The predicted molar refractivity (Wildman–Crippen MR) is 104 cm³/mol.